The van der Waals surface area contributed by atoms with Crippen LogP contribution in [0, 0.1) is 0 Å². The van der Waals surface area contributed by atoms with E-state index in [1.807, 2.05) is 20.8 Å². The quantitative estimate of drug-likeness (QED) is 0.659. The van der Waals surface area contributed by atoms with Gasteiger partial charge >= 0.3 is 0 Å². The van der Waals surface area contributed by atoms with Crippen molar-refractivity contribution in [2.45, 2.75) is 39.3 Å². The van der Waals surface area contributed by atoms with Gasteiger partial charge < -0.3 is 16.0 Å². The molecule has 1 aliphatic heterocycles. The lowest BCUT2D eigenvalue weighted by atomic mass is 10.1. The molecule has 140 valence electrons. The zero-order valence-electron chi connectivity index (χ0n) is 15.1. The van der Waals surface area contributed by atoms with E-state index in [-0.39, 0.29) is 29.8 Å². The molecular weight excluding hydrogens is 354 g/mol. The Bertz CT molecular complexity index is 810. The van der Waals surface area contributed by atoms with Crippen LogP contribution in [0.5, 0.6) is 0 Å². The number of aromatic nitrogens is 2. The van der Waals surface area contributed by atoms with E-state index < -0.39 is 0 Å². The lowest BCUT2D eigenvalue weighted by molar-refractivity contribution is 0.0920. The lowest BCUT2D eigenvalue weighted by Crippen LogP contribution is -2.40. The van der Waals surface area contributed by atoms with E-state index in [0.29, 0.717) is 23.5 Å². The predicted molar refractivity (Wildman–Crippen MR) is 103 cm³/mol. The topological polar surface area (TPSA) is 98.9 Å². The van der Waals surface area contributed by atoms with Crippen LogP contribution in [-0.4, -0.2) is 34.1 Å². The van der Waals surface area contributed by atoms with Crippen LogP contribution in [0.4, 0.5) is 5.69 Å². The third-order valence-electron chi connectivity index (χ3n) is 3.93. The second-order valence-corrected chi connectivity index (χ2v) is 7.16. The summed E-state index contributed by atoms with van der Waals surface area (Å²) in [6.07, 6.45) is 0.820. The molecular formula is C18H24ClN5O2. The van der Waals surface area contributed by atoms with Crippen LogP contribution >= 0.6 is 12.4 Å². The van der Waals surface area contributed by atoms with E-state index in [9.17, 15) is 9.59 Å². The molecule has 26 heavy (non-hydrogen) atoms. The van der Waals surface area contributed by atoms with Gasteiger partial charge in [-0.05, 0) is 32.9 Å². The number of H-pyrrole nitrogens is 1. The van der Waals surface area contributed by atoms with Crippen LogP contribution in [0.2, 0.25) is 0 Å². The van der Waals surface area contributed by atoms with Crippen LogP contribution in [-0.2, 0) is 13.0 Å². The van der Waals surface area contributed by atoms with Gasteiger partial charge in [0.25, 0.3) is 11.8 Å². The number of anilines is 1. The number of rotatable bonds is 3. The Labute approximate surface area is 158 Å². The number of nitrogens with one attached hydrogen (secondary N) is 4. The lowest BCUT2D eigenvalue weighted by Gasteiger charge is -2.21. The molecule has 2 heterocycles. The summed E-state index contributed by atoms with van der Waals surface area (Å²) >= 11 is 0. The molecule has 0 unspecified atom stereocenters. The predicted octanol–water partition coefficient (Wildman–Crippen LogP) is 2.26. The van der Waals surface area contributed by atoms with E-state index in [1.54, 1.807) is 24.3 Å². The van der Waals surface area contributed by atoms with Crippen molar-refractivity contribution < 1.29 is 9.59 Å². The van der Waals surface area contributed by atoms with E-state index >= 15 is 0 Å². The van der Waals surface area contributed by atoms with Gasteiger partial charge in [0.1, 0.15) is 0 Å². The van der Waals surface area contributed by atoms with Gasteiger partial charge in [0, 0.05) is 36.3 Å². The van der Waals surface area contributed by atoms with Crippen molar-refractivity contribution in [1.29, 1.82) is 0 Å². The van der Waals surface area contributed by atoms with Crippen molar-refractivity contribution in [2.24, 2.45) is 0 Å². The van der Waals surface area contributed by atoms with Crippen molar-refractivity contribution >= 4 is 29.9 Å². The highest BCUT2D eigenvalue weighted by Gasteiger charge is 2.23. The first kappa shape index (κ1) is 19.9. The van der Waals surface area contributed by atoms with Gasteiger partial charge in [-0.25, -0.2) is 0 Å². The summed E-state index contributed by atoms with van der Waals surface area (Å²) in [6, 6.07) is 6.96. The van der Waals surface area contributed by atoms with Crippen LogP contribution in [0.3, 0.4) is 0 Å². The SMILES string of the molecule is CC(C)(C)NC(=O)c1ccccc1NC(=O)c1n[nH]c2c1CNCC2.Cl. The van der Waals surface area contributed by atoms with Gasteiger partial charge in [-0.2, -0.15) is 5.10 Å². The number of carbonyl (C=O) groups is 2. The average molecular weight is 378 g/mol. The number of benzene rings is 1. The number of fused-ring (bicyclic) bond motifs is 1. The summed E-state index contributed by atoms with van der Waals surface area (Å²) < 4.78 is 0. The Morgan fingerprint density at radius 2 is 1.88 bits per heavy atom. The van der Waals surface area contributed by atoms with Crippen LogP contribution < -0.4 is 16.0 Å². The fourth-order valence-electron chi connectivity index (χ4n) is 2.79. The molecule has 1 aliphatic rings. The van der Waals surface area contributed by atoms with Crippen LogP contribution in [0.25, 0.3) is 0 Å². The van der Waals surface area contributed by atoms with Crippen molar-refractivity contribution in [3.05, 3.63) is 46.8 Å². The van der Waals surface area contributed by atoms with E-state index in [1.165, 1.54) is 0 Å². The fraction of sp³-hybridized carbons (Fsp3) is 0.389. The summed E-state index contributed by atoms with van der Waals surface area (Å²) in [6.45, 7) is 7.21. The number of amides is 2. The summed E-state index contributed by atoms with van der Waals surface area (Å²) in [4.78, 5) is 25.1. The van der Waals surface area contributed by atoms with E-state index in [2.05, 4.69) is 26.1 Å². The number of carbonyl (C=O) groups excluding carboxylic acids is 2. The Hall–Kier alpha value is -2.38. The zero-order valence-corrected chi connectivity index (χ0v) is 15.9. The first-order valence-electron chi connectivity index (χ1n) is 8.35. The zero-order chi connectivity index (χ0) is 18.0. The fourth-order valence-corrected chi connectivity index (χ4v) is 2.79. The minimum absolute atomic E-state index is 0. The highest BCUT2D eigenvalue weighted by Crippen LogP contribution is 2.20. The van der Waals surface area contributed by atoms with Crippen molar-refractivity contribution in [3.63, 3.8) is 0 Å². The minimum atomic E-state index is -0.360. The first-order chi connectivity index (χ1) is 11.8. The smallest absolute Gasteiger partial charge is 0.276 e. The normalized spacial score (nSPS) is 13.3. The van der Waals surface area contributed by atoms with Crippen molar-refractivity contribution in [3.8, 4) is 0 Å². The average Bonchev–Trinajstić information content (AvgIpc) is 2.98. The second-order valence-electron chi connectivity index (χ2n) is 7.16. The molecule has 4 N–H and O–H groups in total. The Morgan fingerprint density at radius 3 is 2.62 bits per heavy atom. The molecule has 1 aromatic heterocycles. The Balaban J connectivity index is 0.00000243. The maximum Gasteiger partial charge on any atom is 0.276 e. The Kier molecular flexibility index (Phi) is 6.05. The number of aromatic amines is 1. The minimum Gasteiger partial charge on any atom is -0.347 e. The molecule has 0 fully saturated rings. The standard InChI is InChI=1S/C18H23N5O2.ClH/c1-18(2,3)21-16(24)11-6-4-5-7-13(11)20-17(25)15-12-10-19-9-8-14(12)22-23-15;/h4-7,19H,8-10H2,1-3H3,(H,20,25)(H,21,24)(H,22,23);1H. The van der Waals surface area contributed by atoms with Crippen molar-refractivity contribution in [1.82, 2.24) is 20.8 Å². The summed E-state index contributed by atoms with van der Waals surface area (Å²) in [5.41, 5.74) is 2.78. The molecule has 8 heteroatoms. The highest BCUT2D eigenvalue weighted by atomic mass is 35.5. The monoisotopic (exact) mass is 377 g/mol. The molecule has 0 bridgehead atoms. The van der Waals surface area contributed by atoms with Gasteiger partial charge in [0.2, 0.25) is 0 Å². The number of nitrogens with zero attached hydrogens (tertiary/aromatic N) is 1. The molecule has 7 nitrogen and oxygen atoms in total. The van der Waals surface area contributed by atoms with E-state index in [4.69, 9.17) is 0 Å². The number of halogens is 1. The first-order valence-corrected chi connectivity index (χ1v) is 8.35. The molecule has 0 aliphatic carbocycles. The third-order valence-corrected chi connectivity index (χ3v) is 3.93. The van der Waals surface area contributed by atoms with E-state index in [0.717, 1.165) is 24.2 Å². The summed E-state index contributed by atoms with van der Waals surface area (Å²) in [7, 11) is 0. The molecule has 1 aromatic carbocycles. The number of hydrogen-bond acceptors (Lipinski definition) is 4. The Morgan fingerprint density at radius 1 is 1.15 bits per heavy atom. The molecule has 0 saturated carbocycles. The second kappa shape index (κ2) is 7.88. The molecule has 2 aromatic rings. The number of para-hydroxylation sites is 1. The van der Waals surface area contributed by atoms with Gasteiger partial charge in [-0.1, -0.05) is 12.1 Å². The molecule has 0 radical (unpaired) electrons. The molecule has 0 atom stereocenters. The molecule has 0 saturated heterocycles. The third kappa shape index (κ3) is 4.42. The van der Waals surface area contributed by atoms with Crippen LogP contribution in [0.15, 0.2) is 24.3 Å². The van der Waals surface area contributed by atoms with Gasteiger partial charge in [0.05, 0.1) is 11.3 Å². The summed E-state index contributed by atoms with van der Waals surface area (Å²) in [5.74, 6) is -0.550. The van der Waals surface area contributed by atoms with Crippen molar-refractivity contribution in [2.75, 3.05) is 11.9 Å². The van der Waals surface area contributed by atoms with Gasteiger partial charge in [-0.15, -0.1) is 12.4 Å². The molecule has 3 rings (SSSR count). The number of hydrogen-bond donors (Lipinski definition) is 4. The highest BCUT2D eigenvalue weighted by molar-refractivity contribution is 6.09. The van der Waals surface area contributed by atoms with Gasteiger partial charge in [0.15, 0.2) is 5.69 Å². The maximum atomic E-state index is 12.7. The molecule has 2 amide bonds. The maximum absolute atomic E-state index is 12.7. The van der Waals surface area contributed by atoms with Gasteiger partial charge in [-0.3, -0.25) is 14.7 Å². The molecule has 0 spiro atoms. The summed E-state index contributed by atoms with van der Waals surface area (Å²) in [5, 5.41) is 16.1. The van der Waals surface area contributed by atoms with Crippen LogP contribution in [0.1, 0.15) is 52.9 Å². The largest absolute Gasteiger partial charge is 0.347 e.